The molecule has 0 saturated carbocycles. The number of carbonyl (C=O) groups excluding carboxylic acids is 2. The number of anilines is 1. The molecule has 2 N–H and O–H groups in total. The molecule has 1 aliphatic rings. The van der Waals surface area contributed by atoms with Gasteiger partial charge in [0.15, 0.2) is 0 Å². The number of rotatable bonds is 2. The lowest BCUT2D eigenvalue weighted by Gasteiger charge is -1.98. The molecular formula is C13H12N2O2. The van der Waals surface area contributed by atoms with Crippen molar-refractivity contribution in [3.05, 3.63) is 29.3 Å². The number of amides is 1. The summed E-state index contributed by atoms with van der Waals surface area (Å²) in [6.07, 6.45) is 0.704. The average Bonchev–Trinajstić information content (AvgIpc) is 2.62. The maximum absolute atomic E-state index is 11.6. The summed E-state index contributed by atoms with van der Waals surface area (Å²) in [7, 11) is 1.86. The second-order valence-electron chi connectivity index (χ2n) is 3.67. The van der Waals surface area contributed by atoms with Crippen LogP contribution in [0, 0.1) is 11.8 Å². The lowest BCUT2D eigenvalue weighted by molar-refractivity contribution is -0.112. The van der Waals surface area contributed by atoms with Gasteiger partial charge < -0.3 is 10.6 Å². The SMILES string of the molecule is CNCCC#Cc1cccc2c1C(=O)C(=O)N2. The highest BCUT2D eigenvalue weighted by atomic mass is 16.2. The predicted molar refractivity (Wildman–Crippen MR) is 64.8 cm³/mol. The van der Waals surface area contributed by atoms with Gasteiger partial charge in [0.25, 0.3) is 11.7 Å². The van der Waals surface area contributed by atoms with E-state index in [0.717, 1.165) is 6.54 Å². The third-order valence-corrected chi connectivity index (χ3v) is 2.47. The van der Waals surface area contributed by atoms with Crippen molar-refractivity contribution in [3.63, 3.8) is 0 Å². The van der Waals surface area contributed by atoms with E-state index in [-0.39, 0.29) is 0 Å². The Morgan fingerprint density at radius 3 is 2.94 bits per heavy atom. The Bertz CT molecular complexity index is 538. The number of nitrogens with one attached hydrogen (secondary N) is 2. The van der Waals surface area contributed by atoms with Gasteiger partial charge in [0.2, 0.25) is 0 Å². The van der Waals surface area contributed by atoms with Crippen LogP contribution in [0.25, 0.3) is 0 Å². The Kier molecular flexibility index (Phi) is 3.22. The molecule has 2 rings (SSSR count). The van der Waals surface area contributed by atoms with Gasteiger partial charge in [-0.15, -0.1) is 0 Å². The molecule has 1 aromatic rings. The van der Waals surface area contributed by atoms with Crippen molar-refractivity contribution in [2.75, 3.05) is 18.9 Å². The lowest BCUT2D eigenvalue weighted by atomic mass is 10.0. The zero-order valence-corrected chi connectivity index (χ0v) is 9.46. The number of benzene rings is 1. The molecule has 0 bridgehead atoms. The Balaban J connectivity index is 2.31. The summed E-state index contributed by atoms with van der Waals surface area (Å²) in [4.78, 5) is 22.9. The predicted octanol–water partition coefficient (Wildman–Crippen LogP) is 0.782. The number of ketones is 1. The number of fused-ring (bicyclic) bond motifs is 1. The highest BCUT2D eigenvalue weighted by molar-refractivity contribution is 6.52. The molecule has 4 heteroatoms. The molecule has 17 heavy (non-hydrogen) atoms. The van der Waals surface area contributed by atoms with E-state index in [2.05, 4.69) is 22.5 Å². The highest BCUT2D eigenvalue weighted by Crippen LogP contribution is 2.25. The number of carbonyl (C=O) groups is 2. The van der Waals surface area contributed by atoms with Crippen LogP contribution in [0.2, 0.25) is 0 Å². The molecule has 1 amide bonds. The monoisotopic (exact) mass is 228 g/mol. The van der Waals surface area contributed by atoms with Crippen molar-refractivity contribution in [2.45, 2.75) is 6.42 Å². The second-order valence-corrected chi connectivity index (χ2v) is 3.67. The van der Waals surface area contributed by atoms with Crippen LogP contribution in [0.1, 0.15) is 22.3 Å². The Hall–Kier alpha value is -2.12. The topological polar surface area (TPSA) is 58.2 Å². The zero-order chi connectivity index (χ0) is 12.3. The molecule has 0 aliphatic carbocycles. The van der Waals surface area contributed by atoms with E-state index in [1.165, 1.54) is 0 Å². The largest absolute Gasteiger partial charge is 0.319 e. The first-order valence-electron chi connectivity index (χ1n) is 5.36. The Labute approximate surface area is 99.4 Å². The maximum atomic E-state index is 11.6. The summed E-state index contributed by atoms with van der Waals surface area (Å²) in [5.74, 6) is 4.81. The fourth-order valence-corrected chi connectivity index (χ4v) is 1.64. The van der Waals surface area contributed by atoms with Gasteiger partial charge in [0.05, 0.1) is 11.3 Å². The van der Waals surface area contributed by atoms with E-state index in [1.54, 1.807) is 18.2 Å². The van der Waals surface area contributed by atoms with Crippen LogP contribution in [-0.2, 0) is 4.79 Å². The summed E-state index contributed by atoms with van der Waals surface area (Å²) in [6, 6.07) is 5.24. The second kappa shape index (κ2) is 4.81. The quantitative estimate of drug-likeness (QED) is 0.447. The van der Waals surface area contributed by atoms with Crippen LogP contribution < -0.4 is 10.6 Å². The summed E-state index contributed by atoms with van der Waals surface area (Å²) < 4.78 is 0. The van der Waals surface area contributed by atoms with Crippen LogP contribution >= 0.6 is 0 Å². The van der Waals surface area contributed by atoms with Gasteiger partial charge in [0.1, 0.15) is 0 Å². The van der Waals surface area contributed by atoms with Crippen LogP contribution in [0.3, 0.4) is 0 Å². The number of Topliss-reactive ketones (excluding diaryl/α,β-unsaturated/α-hetero) is 1. The summed E-state index contributed by atoms with van der Waals surface area (Å²) >= 11 is 0. The molecule has 0 saturated heterocycles. The molecule has 1 aromatic carbocycles. The molecule has 0 fully saturated rings. The van der Waals surface area contributed by atoms with Gasteiger partial charge in [-0.1, -0.05) is 17.9 Å². The molecule has 0 atom stereocenters. The smallest absolute Gasteiger partial charge is 0.296 e. The third-order valence-electron chi connectivity index (χ3n) is 2.47. The Morgan fingerprint density at radius 2 is 2.18 bits per heavy atom. The fourth-order valence-electron chi connectivity index (χ4n) is 1.64. The highest BCUT2D eigenvalue weighted by Gasteiger charge is 2.29. The normalized spacial score (nSPS) is 12.8. The molecule has 1 aliphatic heterocycles. The van der Waals surface area contributed by atoms with E-state index in [4.69, 9.17) is 0 Å². The van der Waals surface area contributed by atoms with Crippen molar-refractivity contribution < 1.29 is 9.59 Å². The van der Waals surface area contributed by atoms with E-state index in [9.17, 15) is 9.59 Å². The van der Waals surface area contributed by atoms with Gasteiger partial charge >= 0.3 is 0 Å². The minimum absolute atomic E-state index is 0.398. The molecule has 86 valence electrons. The maximum Gasteiger partial charge on any atom is 0.296 e. The molecule has 0 unspecified atom stereocenters. The molecule has 0 radical (unpaired) electrons. The van der Waals surface area contributed by atoms with Crippen molar-refractivity contribution in [2.24, 2.45) is 0 Å². The summed E-state index contributed by atoms with van der Waals surface area (Å²) in [5, 5.41) is 5.51. The molecule has 0 spiro atoms. The van der Waals surface area contributed by atoms with Gasteiger partial charge in [-0.2, -0.15) is 0 Å². The molecule has 4 nitrogen and oxygen atoms in total. The number of hydrogen-bond acceptors (Lipinski definition) is 3. The van der Waals surface area contributed by atoms with E-state index < -0.39 is 11.7 Å². The first-order chi connectivity index (χ1) is 8.24. The summed E-state index contributed by atoms with van der Waals surface area (Å²) in [5.41, 5.74) is 1.57. The lowest BCUT2D eigenvalue weighted by Crippen LogP contribution is -2.12. The van der Waals surface area contributed by atoms with E-state index >= 15 is 0 Å². The first-order valence-corrected chi connectivity index (χ1v) is 5.36. The van der Waals surface area contributed by atoms with Crippen molar-refractivity contribution in [1.82, 2.24) is 5.32 Å². The average molecular weight is 228 g/mol. The van der Waals surface area contributed by atoms with Crippen LogP contribution in [0.15, 0.2) is 18.2 Å². The minimum Gasteiger partial charge on any atom is -0.319 e. The number of hydrogen-bond donors (Lipinski definition) is 2. The van der Waals surface area contributed by atoms with Crippen LogP contribution in [0.4, 0.5) is 5.69 Å². The van der Waals surface area contributed by atoms with Gasteiger partial charge in [0, 0.05) is 18.5 Å². The van der Waals surface area contributed by atoms with Crippen molar-refractivity contribution in [1.29, 1.82) is 0 Å². The first kappa shape index (κ1) is 11.4. The molecular weight excluding hydrogens is 216 g/mol. The molecule has 1 heterocycles. The van der Waals surface area contributed by atoms with E-state index in [1.807, 2.05) is 7.05 Å². The van der Waals surface area contributed by atoms with Gasteiger partial charge in [-0.25, -0.2) is 0 Å². The fraction of sp³-hybridized carbons (Fsp3) is 0.231. The standard InChI is InChI=1S/C13H12N2O2/c1-14-8-3-2-5-9-6-4-7-10-11(9)12(16)13(17)15-10/h4,6-7,14H,3,8H2,1H3,(H,15,16,17). The third kappa shape index (κ3) is 2.19. The van der Waals surface area contributed by atoms with Crippen molar-refractivity contribution >= 4 is 17.4 Å². The Morgan fingerprint density at radius 1 is 1.35 bits per heavy atom. The van der Waals surface area contributed by atoms with Gasteiger partial charge in [-0.05, 0) is 19.2 Å². The van der Waals surface area contributed by atoms with Crippen LogP contribution in [-0.4, -0.2) is 25.3 Å². The van der Waals surface area contributed by atoms with Crippen molar-refractivity contribution in [3.8, 4) is 11.8 Å². The van der Waals surface area contributed by atoms with E-state index in [0.29, 0.717) is 23.2 Å². The minimum atomic E-state index is -0.579. The van der Waals surface area contributed by atoms with Gasteiger partial charge in [-0.3, -0.25) is 9.59 Å². The zero-order valence-electron chi connectivity index (χ0n) is 9.46. The molecule has 0 aromatic heterocycles. The van der Waals surface area contributed by atoms with Crippen LogP contribution in [0.5, 0.6) is 0 Å². The summed E-state index contributed by atoms with van der Waals surface area (Å²) in [6.45, 7) is 0.799.